The molecule has 0 N–H and O–H groups in total. The molecule has 0 spiro atoms. The number of halogens is 1. The molecule has 2 heterocycles. The summed E-state index contributed by atoms with van der Waals surface area (Å²) in [6.07, 6.45) is 1.80. The highest BCUT2D eigenvalue weighted by Crippen LogP contribution is 2.30. The standard InChI is InChI=1S/C19H15FN4S2/c1-2-11-24-18(13-7-9-14(20)10-8-13)22-23-19(24)25-12-17-21-15-5-3-4-6-16(15)26-17/h2-10H,1,11-12H2. The second kappa shape index (κ2) is 7.39. The first-order valence-electron chi connectivity index (χ1n) is 8.02. The van der Waals surface area contributed by atoms with E-state index in [4.69, 9.17) is 0 Å². The Hall–Kier alpha value is -2.51. The zero-order valence-corrected chi connectivity index (χ0v) is 15.4. The van der Waals surface area contributed by atoms with Crippen molar-refractivity contribution in [1.29, 1.82) is 0 Å². The van der Waals surface area contributed by atoms with E-state index in [0.717, 1.165) is 27.0 Å². The molecule has 0 saturated carbocycles. The van der Waals surface area contributed by atoms with Gasteiger partial charge in [0.25, 0.3) is 0 Å². The fourth-order valence-corrected chi connectivity index (χ4v) is 4.52. The van der Waals surface area contributed by atoms with Gasteiger partial charge in [0.15, 0.2) is 11.0 Å². The fourth-order valence-electron chi connectivity index (χ4n) is 2.61. The van der Waals surface area contributed by atoms with Crippen LogP contribution in [0.1, 0.15) is 5.01 Å². The van der Waals surface area contributed by atoms with Crippen LogP contribution in [0.2, 0.25) is 0 Å². The summed E-state index contributed by atoms with van der Waals surface area (Å²) < 4.78 is 16.4. The average Bonchev–Trinajstić information content (AvgIpc) is 3.25. The first kappa shape index (κ1) is 16.9. The number of para-hydroxylation sites is 1. The Bertz CT molecular complexity index is 1020. The molecule has 7 heteroatoms. The van der Waals surface area contributed by atoms with Gasteiger partial charge in [0.2, 0.25) is 0 Å². The molecular weight excluding hydrogens is 367 g/mol. The summed E-state index contributed by atoms with van der Waals surface area (Å²) >= 11 is 3.28. The summed E-state index contributed by atoms with van der Waals surface area (Å²) in [5.41, 5.74) is 1.85. The first-order chi connectivity index (χ1) is 12.7. The Balaban J connectivity index is 1.59. The molecule has 0 fully saturated rings. The Labute approximate surface area is 158 Å². The predicted octanol–water partition coefficient (Wildman–Crippen LogP) is 5.17. The van der Waals surface area contributed by atoms with Crippen molar-refractivity contribution in [3.63, 3.8) is 0 Å². The van der Waals surface area contributed by atoms with Crippen LogP contribution in [0.25, 0.3) is 21.6 Å². The third-order valence-corrected chi connectivity index (χ3v) is 5.99. The molecule has 0 unspecified atom stereocenters. The van der Waals surface area contributed by atoms with Gasteiger partial charge >= 0.3 is 0 Å². The smallest absolute Gasteiger partial charge is 0.192 e. The lowest BCUT2D eigenvalue weighted by atomic mass is 10.2. The highest BCUT2D eigenvalue weighted by molar-refractivity contribution is 7.98. The minimum absolute atomic E-state index is 0.269. The van der Waals surface area contributed by atoms with E-state index in [-0.39, 0.29) is 5.82 Å². The normalized spacial score (nSPS) is 11.1. The summed E-state index contributed by atoms with van der Waals surface area (Å²) in [4.78, 5) is 4.66. The summed E-state index contributed by atoms with van der Waals surface area (Å²) in [6, 6.07) is 14.4. The minimum Gasteiger partial charge on any atom is -0.298 e. The number of hydrogen-bond acceptors (Lipinski definition) is 5. The Morgan fingerprint density at radius 1 is 1.12 bits per heavy atom. The van der Waals surface area contributed by atoms with Gasteiger partial charge in [0.05, 0.1) is 16.0 Å². The lowest BCUT2D eigenvalue weighted by Gasteiger charge is -2.07. The van der Waals surface area contributed by atoms with E-state index >= 15 is 0 Å². The van der Waals surface area contributed by atoms with Crippen LogP contribution < -0.4 is 0 Å². The van der Waals surface area contributed by atoms with Gasteiger partial charge < -0.3 is 0 Å². The van der Waals surface area contributed by atoms with Crippen LogP contribution in [0, 0.1) is 5.82 Å². The van der Waals surface area contributed by atoms with E-state index in [1.54, 1.807) is 41.3 Å². The van der Waals surface area contributed by atoms with Crippen LogP contribution in [0.3, 0.4) is 0 Å². The Morgan fingerprint density at radius 3 is 2.69 bits per heavy atom. The number of hydrogen-bond donors (Lipinski definition) is 0. The fraction of sp³-hybridized carbons (Fsp3) is 0.105. The van der Waals surface area contributed by atoms with Gasteiger partial charge in [-0.1, -0.05) is 30.0 Å². The lowest BCUT2D eigenvalue weighted by Crippen LogP contribution is -2.00. The van der Waals surface area contributed by atoms with Crippen LogP contribution in [-0.4, -0.2) is 19.7 Å². The molecule has 0 amide bonds. The topological polar surface area (TPSA) is 43.6 Å². The minimum atomic E-state index is -0.269. The summed E-state index contributed by atoms with van der Waals surface area (Å²) in [6.45, 7) is 4.40. The number of allylic oxidation sites excluding steroid dienone is 1. The van der Waals surface area contributed by atoms with E-state index < -0.39 is 0 Å². The molecule has 2 aromatic carbocycles. The molecule has 0 saturated heterocycles. The highest BCUT2D eigenvalue weighted by Gasteiger charge is 2.14. The van der Waals surface area contributed by atoms with E-state index in [1.807, 2.05) is 22.8 Å². The zero-order valence-electron chi connectivity index (χ0n) is 13.8. The van der Waals surface area contributed by atoms with Crippen LogP contribution in [-0.2, 0) is 12.3 Å². The molecule has 4 nitrogen and oxygen atoms in total. The monoisotopic (exact) mass is 382 g/mol. The summed E-state index contributed by atoms with van der Waals surface area (Å²) in [7, 11) is 0. The van der Waals surface area contributed by atoms with Crippen molar-refractivity contribution in [2.75, 3.05) is 0 Å². The molecule has 2 aromatic heterocycles. The Kier molecular flexibility index (Phi) is 4.81. The molecule has 0 bridgehead atoms. The van der Waals surface area contributed by atoms with Crippen LogP contribution >= 0.6 is 23.1 Å². The quantitative estimate of drug-likeness (QED) is 0.341. The number of fused-ring (bicyclic) bond motifs is 1. The van der Waals surface area contributed by atoms with Crippen molar-refractivity contribution < 1.29 is 4.39 Å². The molecular formula is C19H15FN4S2. The maximum Gasteiger partial charge on any atom is 0.192 e. The second-order valence-electron chi connectivity index (χ2n) is 5.58. The van der Waals surface area contributed by atoms with E-state index in [1.165, 1.54) is 16.8 Å². The number of thiazole rings is 1. The van der Waals surface area contributed by atoms with Gasteiger partial charge in [-0.15, -0.1) is 28.1 Å². The third-order valence-electron chi connectivity index (χ3n) is 3.79. The molecule has 0 aliphatic carbocycles. The Morgan fingerprint density at radius 2 is 1.92 bits per heavy atom. The lowest BCUT2D eigenvalue weighted by molar-refractivity contribution is 0.628. The van der Waals surface area contributed by atoms with Crippen molar-refractivity contribution in [1.82, 2.24) is 19.7 Å². The van der Waals surface area contributed by atoms with Crippen LogP contribution in [0.5, 0.6) is 0 Å². The molecule has 130 valence electrons. The third kappa shape index (κ3) is 3.40. The van der Waals surface area contributed by atoms with Gasteiger partial charge in [-0.05, 0) is 36.4 Å². The average molecular weight is 382 g/mol. The molecule has 26 heavy (non-hydrogen) atoms. The van der Waals surface area contributed by atoms with E-state index in [2.05, 4.69) is 27.8 Å². The largest absolute Gasteiger partial charge is 0.298 e. The SMILES string of the molecule is C=CCn1c(SCc2nc3ccccc3s2)nnc1-c1ccc(F)cc1. The predicted molar refractivity (Wildman–Crippen MR) is 105 cm³/mol. The van der Waals surface area contributed by atoms with Crippen molar-refractivity contribution in [2.45, 2.75) is 17.5 Å². The second-order valence-corrected chi connectivity index (χ2v) is 7.63. The van der Waals surface area contributed by atoms with Crippen LogP contribution in [0.4, 0.5) is 4.39 Å². The molecule has 0 radical (unpaired) electrons. The molecule has 4 rings (SSSR count). The summed E-state index contributed by atoms with van der Waals surface area (Å²) in [5.74, 6) is 1.16. The molecule has 0 atom stereocenters. The number of nitrogens with zero attached hydrogens (tertiary/aromatic N) is 4. The van der Waals surface area contributed by atoms with Crippen molar-refractivity contribution >= 4 is 33.3 Å². The zero-order chi connectivity index (χ0) is 17.9. The molecule has 0 aliphatic rings. The van der Waals surface area contributed by atoms with Gasteiger partial charge in [0, 0.05) is 12.1 Å². The van der Waals surface area contributed by atoms with E-state index in [0.29, 0.717) is 12.4 Å². The van der Waals surface area contributed by atoms with Gasteiger partial charge in [-0.3, -0.25) is 4.57 Å². The van der Waals surface area contributed by atoms with Crippen molar-refractivity contribution in [3.05, 3.63) is 72.0 Å². The highest BCUT2D eigenvalue weighted by atomic mass is 32.2. The first-order valence-corrected chi connectivity index (χ1v) is 9.82. The van der Waals surface area contributed by atoms with E-state index in [9.17, 15) is 4.39 Å². The number of rotatable bonds is 6. The number of benzene rings is 2. The van der Waals surface area contributed by atoms with Crippen molar-refractivity contribution in [2.24, 2.45) is 0 Å². The number of aromatic nitrogens is 4. The van der Waals surface area contributed by atoms with Crippen molar-refractivity contribution in [3.8, 4) is 11.4 Å². The van der Waals surface area contributed by atoms with Gasteiger partial charge in [0.1, 0.15) is 10.8 Å². The molecule has 0 aliphatic heterocycles. The summed E-state index contributed by atoms with van der Waals surface area (Å²) in [5, 5.41) is 10.5. The molecule has 4 aromatic rings. The number of thioether (sulfide) groups is 1. The maximum atomic E-state index is 13.2. The maximum absolute atomic E-state index is 13.2. The van der Waals surface area contributed by atoms with Gasteiger partial charge in [-0.25, -0.2) is 9.37 Å². The van der Waals surface area contributed by atoms with Gasteiger partial charge in [-0.2, -0.15) is 0 Å². The van der Waals surface area contributed by atoms with Crippen LogP contribution in [0.15, 0.2) is 66.3 Å².